The van der Waals surface area contributed by atoms with Crippen LogP contribution in [0.2, 0.25) is 0 Å². The normalized spacial score (nSPS) is 13.5. The van der Waals surface area contributed by atoms with Crippen LogP contribution in [0.25, 0.3) is 0 Å². The zero-order valence-electron chi connectivity index (χ0n) is 11.1. The first-order valence-electron chi connectivity index (χ1n) is 5.73. The van der Waals surface area contributed by atoms with Crippen LogP contribution in [-0.2, 0) is 21.4 Å². The summed E-state index contributed by atoms with van der Waals surface area (Å²) in [6.07, 6.45) is 0. The molecule has 1 unspecified atom stereocenters. The van der Waals surface area contributed by atoms with Crippen LogP contribution < -0.4 is 5.32 Å². The first-order valence-corrected chi connectivity index (χ1v) is 7.17. The summed E-state index contributed by atoms with van der Waals surface area (Å²) in [4.78, 5) is 10.9. The van der Waals surface area contributed by atoms with Crippen LogP contribution in [0.5, 0.6) is 0 Å². The van der Waals surface area contributed by atoms with Crippen LogP contribution in [0, 0.1) is 0 Å². The highest BCUT2D eigenvalue weighted by Gasteiger charge is 2.17. The van der Waals surface area contributed by atoms with E-state index in [1.165, 1.54) is 33.2 Å². The number of hydrogen-bond donors (Lipinski definition) is 2. The van der Waals surface area contributed by atoms with Gasteiger partial charge in [0, 0.05) is 20.6 Å². The molecule has 7 heteroatoms. The van der Waals surface area contributed by atoms with E-state index in [9.17, 15) is 13.2 Å². The van der Waals surface area contributed by atoms with Crippen molar-refractivity contribution in [2.24, 2.45) is 0 Å². The lowest BCUT2D eigenvalue weighted by Crippen LogP contribution is -2.33. The number of carbonyl (C=O) groups is 1. The Morgan fingerprint density at radius 2 is 2.05 bits per heavy atom. The molecule has 0 amide bonds. The molecule has 1 atom stereocenters. The molecule has 0 saturated heterocycles. The summed E-state index contributed by atoms with van der Waals surface area (Å²) in [5, 5.41) is 11.5. The van der Waals surface area contributed by atoms with Gasteiger partial charge in [0.05, 0.1) is 4.90 Å². The van der Waals surface area contributed by atoms with Crippen molar-refractivity contribution in [3.8, 4) is 0 Å². The van der Waals surface area contributed by atoms with Crippen LogP contribution in [0.3, 0.4) is 0 Å². The third kappa shape index (κ3) is 4.02. The number of benzene rings is 1. The Morgan fingerprint density at radius 3 is 2.58 bits per heavy atom. The summed E-state index contributed by atoms with van der Waals surface area (Å²) < 4.78 is 25.0. The summed E-state index contributed by atoms with van der Waals surface area (Å²) in [7, 11) is -0.535. The summed E-state index contributed by atoms with van der Waals surface area (Å²) in [5.41, 5.74) is 0.719. The monoisotopic (exact) mass is 286 g/mol. The number of hydrogen-bond acceptors (Lipinski definition) is 4. The van der Waals surface area contributed by atoms with E-state index in [1.54, 1.807) is 12.1 Å². The number of carboxylic acid groups (broad SMARTS) is 1. The molecule has 0 radical (unpaired) electrons. The Balaban J connectivity index is 2.87. The quantitative estimate of drug-likeness (QED) is 0.795. The average Bonchev–Trinajstić information content (AvgIpc) is 2.35. The van der Waals surface area contributed by atoms with E-state index in [1.807, 2.05) is 0 Å². The Kier molecular flexibility index (Phi) is 5.04. The third-order valence-electron chi connectivity index (χ3n) is 2.66. The van der Waals surface area contributed by atoms with E-state index in [-0.39, 0.29) is 4.90 Å². The van der Waals surface area contributed by atoms with E-state index in [4.69, 9.17) is 5.11 Å². The number of nitrogens with zero attached hydrogens (tertiary/aromatic N) is 1. The van der Waals surface area contributed by atoms with Crippen molar-refractivity contribution in [1.29, 1.82) is 0 Å². The Labute approximate surface area is 113 Å². The maximum Gasteiger partial charge on any atom is 0.320 e. The molecule has 1 aromatic rings. The molecule has 0 aromatic heterocycles. The predicted molar refractivity (Wildman–Crippen MR) is 71.3 cm³/mol. The molecule has 0 aliphatic heterocycles. The van der Waals surface area contributed by atoms with Crippen molar-refractivity contribution in [1.82, 2.24) is 9.62 Å². The zero-order valence-corrected chi connectivity index (χ0v) is 11.9. The topological polar surface area (TPSA) is 86.7 Å². The maximum atomic E-state index is 11.9. The van der Waals surface area contributed by atoms with Crippen molar-refractivity contribution in [3.05, 3.63) is 29.8 Å². The lowest BCUT2D eigenvalue weighted by Gasteiger charge is -2.13. The maximum absolute atomic E-state index is 11.9. The molecule has 106 valence electrons. The van der Waals surface area contributed by atoms with Crippen LogP contribution in [0.15, 0.2) is 29.2 Å². The summed E-state index contributed by atoms with van der Waals surface area (Å²) >= 11 is 0. The van der Waals surface area contributed by atoms with Gasteiger partial charge in [0.25, 0.3) is 0 Å². The second kappa shape index (κ2) is 6.14. The van der Waals surface area contributed by atoms with Gasteiger partial charge in [-0.15, -0.1) is 0 Å². The van der Waals surface area contributed by atoms with E-state index in [0.717, 1.165) is 9.87 Å². The minimum atomic E-state index is -3.47. The summed E-state index contributed by atoms with van der Waals surface area (Å²) in [6, 6.07) is 5.75. The Hall–Kier alpha value is -1.44. The van der Waals surface area contributed by atoms with E-state index >= 15 is 0 Å². The fraction of sp³-hybridized carbons (Fsp3) is 0.417. The molecular weight excluding hydrogens is 268 g/mol. The summed E-state index contributed by atoms with van der Waals surface area (Å²) in [6.45, 7) is 1.83. The minimum Gasteiger partial charge on any atom is -0.480 e. The first-order chi connectivity index (χ1) is 8.75. The molecule has 1 rings (SSSR count). The van der Waals surface area contributed by atoms with Gasteiger partial charge in [-0.3, -0.25) is 4.79 Å². The van der Waals surface area contributed by atoms with Gasteiger partial charge >= 0.3 is 5.97 Å². The third-order valence-corrected chi connectivity index (χ3v) is 4.47. The molecule has 1 aromatic carbocycles. The van der Waals surface area contributed by atoms with Gasteiger partial charge in [0.15, 0.2) is 0 Å². The fourth-order valence-corrected chi connectivity index (χ4v) is 2.36. The van der Waals surface area contributed by atoms with Crippen LogP contribution in [0.4, 0.5) is 0 Å². The second-order valence-electron chi connectivity index (χ2n) is 4.38. The van der Waals surface area contributed by atoms with Gasteiger partial charge < -0.3 is 10.4 Å². The molecule has 0 fully saturated rings. The van der Waals surface area contributed by atoms with Gasteiger partial charge in [-0.2, -0.15) is 0 Å². The molecule has 19 heavy (non-hydrogen) atoms. The number of nitrogens with one attached hydrogen (secondary N) is 1. The minimum absolute atomic E-state index is 0.194. The molecule has 0 spiro atoms. The predicted octanol–water partition coefficient (Wildman–Crippen LogP) is 0.500. The van der Waals surface area contributed by atoms with Crippen molar-refractivity contribution in [2.45, 2.75) is 24.4 Å². The molecule has 0 saturated carbocycles. The molecule has 0 bridgehead atoms. The second-order valence-corrected chi connectivity index (χ2v) is 6.53. The number of sulfonamides is 1. The number of aliphatic carboxylic acids is 1. The average molecular weight is 286 g/mol. The highest BCUT2D eigenvalue weighted by molar-refractivity contribution is 7.89. The van der Waals surface area contributed by atoms with Crippen molar-refractivity contribution in [3.63, 3.8) is 0 Å². The van der Waals surface area contributed by atoms with Gasteiger partial charge in [-0.05, 0) is 24.6 Å². The van der Waals surface area contributed by atoms with Gasteiger partial charge in [-0.1, -0.05) is 12.1 Å². The first kappa shape index (κ1) is 15.6. The fourth-order valence-electron chi connectivity index (χ4n) is 1.38. The highest BCUT2D eigenvalue weighted by atomic mass is 32.2. The van der Waals surface area contributed by atoms with Gasteiger partial charge in [-0.25, -0.2) is 12.7 Å². The Morgan fingerprint density at radius 1 is 1.42 bits per heavy atom. The standard InChI is InChI=1S/C12H18N2O4S/c1-9(12(15)16)13-8-10-5-4-6-11(7-10)19(17,18)14(2)3/h4-7,9,13H,8H2,1-3H3,(H,15,16). The van der Waals surface area contributed by atoms with Gasteiger partial charge in [0.2, 0.25) is 10.0 Å². The molecule has 2 N–H and O–H groups in total. The smallest absolute Gasteiger partial charge is 0.320 e. The lowest BCUT2D eigenvalue weighted by atomic mass is 10.2. The molecule has 0 aliphatic rings. The highest BCUT2D eigenvalue weighted by Crippen LogP contribution is 2.14. The van der Waals surface area contributed by atoms with Crippen LogP contribution >= 0.6 is 0 Å². The number of rotatable bonds is 6. The SMILES string of the molecule is CC(NCc1cccc(S(=O)(=O)N(C)C)c1)C(=O)O. The van der Waals surface area contributed by atoms with Crippen molar-refractivity contribution >= 4 is 16.0 Å². The molecular formula is C12H18N2O4S. The number of carboxylic acids is 1. The lowest BCUT2D eigenvalue weighted by molar-refractivity contribution is -0.139. The Bertz CT molecular complexity index is 555. The van der Waals surface area contributed by atoms with Crippen molar-refractivity contribution < 1.29 is 18.3 Å². The van der Waals surface area contributed by atoms with E-state index in [0.29, 0.717) is 6.54 Å². The van der Waals surface area contributed by atoms with Gasteiger partial charge in [0.1, 0.15) is 6.04 Å². The molecule has 0 aliphatic carbocycles. The summed E-state index contributed by atoms with van der Waals surface area (Å²) in [5.74, 6) is -0.947. The van der Waals surface area contributed by atoms with Crippen LogP contribution in [-0.4, -0.2) is 43.9 Å². The van der Waals surface area contributed by atoms with Crippen molar-refractivity contribution in [2.75, 3.05) is 14.1 Å². The van der Waals surface area contributed by atoms with Crippen LogP contribution in [0.1, 0.15) is 12.5 Å². The largest absolute Gasteiger partial charge is 0.480 e. The molecule has 0 heterocycles. The van der Waals surface area contributed by atoms with E-state index in [2.05, 4.69) is 5.32 Å². The molecule has 6 nitrogen and oxygen atoms in total. The van der Waals surface area contributed by atoms with E-state index < -0.39 is 22.0 Å². The zero-order chi connectivity index (χ0) is 14.6.